The molecule has 5 rings (SSSR count). The summed E-state index contributed by atoms with van der Waals surface area (Å²) in [7, 11) is 0. The van der Waals surface area contributed by atoms with Gasteiger partial charge in [-0.05, 0) is 48.1 Å². The summed E-state index contributed by atoms with van der Waals surface area (Å²) < 4.78 is 0.987. The van der Waals surface area contributed by atoms with E-state index in [4.69, 9.17) is 0 Å². The highest BCUT2D eigenvalue weighted by molar-refractivity contribution is 7.22. The Morgan fingerprint density at radius 2 is 2.10 bits per heavy atom. The molecule has 1 saturated heterocycles. The van der Waals surface area contributed by atoms with Gasteiger partial charge in [-0.1, -0.05) is 48.6 Å². The topological polar surface area (TPSA) is 91.4 Å². The number of nitrogens with zero attached hydrogens (tertiary/aromatic N) is 2. The first-order valence-electron chi connectivity index (χ1n) is 9.92. The Morgan fingerprint density at radius 1 is 1.27 bits per heavy atom. The van der Waals surface area contributed by atoms with Crippen molar-refractivity contribution in [2.24, 2.45) is 0 Å². The van der Waals surface area contributed by atoms with Gasteiger partial charge >= 0.3 is 6.03 Å². The first-order chi connectivity index (χ1) is 14.5. The Hall–Kier alpha value is -3.26. The number of carbonyl (C=O) groups is 3. The van der Waals surface area contributed by atoms with Crippen LogP contribution in [0.2, 0.25) is 0 Å². The average molecular weight is 420 g/mol. The second-order valence-corrected chi connectivity index (χ2v) is 8.64. The van der Waals surface area contributed by atoms with Gasteiger partial charge in [0.1, 0.15) is 12.1 Å². The van der Waals surface area contributed by atoms with Crippen LogP contribution in [0.15, 0.2) is 42.5 Å². The molecular formula is C22H20N4O3S. The lowest BCUT2D eigenvalue weighted by Gasteiger charge is -2.22. The summed E-state index contributed by atoms with van der Waals surface area (Å²) in [5.74, 6) is -0.818. The van der Waals surface area contributed by atoms with E-state index in [9.17, 15) is 14.4 Å². The van der Waals surface area contributed by atoms with E-state index >= 15 is 0 Å². The number of imide groups is 1. The van der Waals surface area contributed by atoms with E-state index in [-0.39, 0.29) is 12.5 Å². The van der Waals surface area contributed by atoms with Crippen molar-refractivity contribution >= 4 is 44.5 Å². The van der Waals surface area contributed by atoms with Crippen LogP contribution in [0.5, 0.6) is 0 Å². The third-order valence-electron chi connectivity index (χ3n) is 5.83. The Bertz CT molecular complexity index is 1200. The zero-order chi connectivity index (χ0) is 20.9. The SMILES string of the molecule is CCc1ccc2nc(NC(=O)CN3C(=O)NC4(CCc5ccccc54)C3=O)sc2c1. The number of fused-ring (bicyclic) bond motifs is 3. The number of hydrogen-bond acceptors (Lipinski definition) is 5. The number of thiazole rings is 1. The molecule has 0 saturated carbocycles. The van der Waals surface area contributed by atoms with Crippen molar-refractivity contribution in [1.82, 2.24) is 15.2 Å². The van der Waals surface area contributed by atoms with Crippen LogP contribution in [0, 0.1) is 0 Å². The lowest BCUT2D eigenvalue weighted by Crippen LogP contribution is -2.42. The van der Waals surface area contributed by atoms with E-state index < -0.39 is 17.5 Å². The predicted octanol–water partition coefficient (Wildman–Crippen LogP) is 3.19. The molecule has 4 amide bonds. The van der Waals surface area contributed by atoms with E-state index in [0.717, 1.165) is 32.7 Å². The second kappa shape index (κ2) is 6.91. The normalized spacial score (nSPS) is 20.1. The molecule has 30 heavy (non-hydrogen) atoms. The number of urea groups is 1. The number of aromatic nitrogens is 1. The van der Waals surface area contributed by atoms with Crippen LogP contribution in [-0.4, -0.2) is 34.3 Å². The highest BCUT2D eigenvalue weighted by Crippen LogP contribution is 2.41. The second-order valence-electron chi connectivity index (χ2n) is 7.61. The Balaban J connectivity index is 1.33. The van der Waals surface area contributed by atoms with Crippen molar-refractivity contribution in [2.45, 2.75) is 31.7 Å². The highest BCUT2D eigenvalue weighted by Gasteiger charge is 2.55. The van der Waals surface area contributed by atoms with Gasteiger partial charge in [-0.15, -0.1) is 0 Å². The smallest absolute Gasteiger partial charge is 0.319 e. The van der Waals surface area contributed by atoms with Crippen LogP contribution in [0.25, 0.3) is 10.2 Å². The number of benzene rings is 2. The van der Waals surface area contributed by atoms with E-state index in [2.05, 4.69) is 28.6 Å². The molecule has 1 aliphatic heterocycles. The molecule has 1 atom stereocenters. The van der Waals surface area contributed by atoms with Crippen molar-refractivity contribution < 1.29 is 14.4 Å². The fourth-order valence-electron chi connectivity index (χ4n) is 4.28. The summed E-state index contributed by atoms with van der Waals surface area (Å²) in [6, 6.07) is 13.1. The molecule has 1 fully saturated rings. The lowest BCUT2D eigenvalue weighted by molar-refractivity contribution is -0.134. The van der Waals surface area contributed by atoms with Gasteiger partial charge in [0.2, 0.25) is 5.91 Å². The summed E-state index contributed by atoms with van der Waals surface area (Å²) in [5.41, 5.74) is 2.83. The third-order valence-corrected chi connectivity index (χ3v) is 6.76. The molecule has 1 unspecified atom stereocenters. The third kappa shape index (κ3) is 2.87. The summed E-state index contributed by atoms with van der Waals surface area (Å²) in [5, 5.41) is 6.02. The van der Waals surface area contributed by atoms with Crippen molar-refractivity contribution in [3.8, 4) is 0 Å². The van der Waals surface area contributed by atoms with Gasteiger partial charge in [-0.2, -0.15) is 0 Å². The van der Waals surface area contributed by atoms with Gasteiger partial charge in [-0.3, -0.25) is 14.5 Å². The molecule has 2 aromatic carbocycles. The molecule has 2 aliphatic rings. The minimum Gasteiger partial charge on any atom is -0.319 e. The minimum absolute atomic E-state index is 0.343. The van der Waals surface area contributed by atoms with Crippen LogP contribution in [-0.2, 0) is 28.0 Å². The van der Waals surface area contributed by atoms with Crippen molar-refractivity contribution in [3.05, 3.63) is 59.2 Å². The number of carbonyl (C=O) groups excluding carboxylic acids is 3. The van der Waals surface area contributed by atoms with Gasteiger partial charge in [0.25, 0.3) is 5.91 Å². The van der Waals surface area contributed by atoms with Gasteiger partial charge in [0.15, 0.2) is 5.13 Å². The first kappa shape index (κ1) is 18.7. The van der Waals surface area contributed by atoms with Crippen LogP contribution < -0.4 is 10.6 Å². The van der Waals surface area contributed by atoms with Crippen LogP contribution in [0.1, 0.15) is 30.0 Å². The molecule has 0 radical (unpaired) electrons. The zero-order valence-corrected chi connectivity index (χ0v) is 17.2. The number of rotatable bonds is 4. The molecule has 8 heteroatoms. The van der Waals surface area contributed by atoms with E-state index in [0.29, 0.717) is 18.0 Å². The lowest BCUT2D eigenvalue weighted by atomic mass is 9.92. The Labute approximate surface area is 177 Å². The van der Waals surface area contributed by atoms with Crippen LogP contribution in [0.3, 0.4) is 0 Å². The number of anilines is 1. The fraction of sp³-hybridized carbons (Fsp3) is 0.273. The molecule has 2 heterocycles. The minimum atomic E-state index is -1.06. The number of hydrogen-bond donors (Lipinski definition) is 2. The largest absolute Gasteiger partial charge is 0.325 e. The first-order valence-corrected chi connectivity index (χ1v) is 10.7. The summed E-state index contributed by atoms with van der Waals surface area (Å²) in [4.78, 5) is 43.7. The van der Waals surface area contributed by atoms with Gasteiger partial charge in [0.05, 0.1) is 10.2 Å². The number of aryl methyl sites for hydroxylation is 2. The molecule has 152 valence electrons. The van der Waals surface area contributed by atoms with Crippen molar-refractivity contribution in [3.63, 3.8) is 0 Å². The van der Waals surface area contributed by atoms with E-state index in [1.54, 1.807) is 0 Å². The van der Waals surface area contributed by atoms with Gasteiger partial charge in [-0.25, -0.2) is 9.78 Å². The molecule has 2 N–H and O–H groups in total. The quantitative estimate of drug-likeness (QED) is 0.634. The number of amides is 4. The Kier molecular flexibility index (Phi) is 4.32. The summed E-state index contributed by atoms with van der Waals surface area (Å²) in [6.07, 6.45) is 2.15. The molecule has 0 bridgehead atoms. The zero-order valence-electron chi connectivity index (χ0n) is 16.4. The number of nitrogens with one attached hydrogen (secondary N) is 2. The maximum absolute atomic E-state index is 13.2. The van der Waals surface area contributed by atoms with Crippen molar-refractivity contribution in [1.29, 1.82) is 0 Å². The maximum atomic E-state index is 13.2. The summed E-state index contributed by atoms with van der Waals surface area (Å²) in [6.45, 7) is 1.74. The molecule has 7 nitrogen and oxygen atoms in total. The highest BCUT2D eigenvalue weighted by atomic mass is 32.1. The monoisotopic (exact) mass is 420 g/mol. The molecule has 1 spiro atoms. The van der Waals surface area contributed by atoms with E-state index in [1.165, 1.54) is 16.9 Å². The Morgan fingerprint density at radius 3 is 2.93 bits per heavy atom. The molecule has 3 aromatic rings. The molecular weight excluding hydrogens is 400 g/mol. The van der Waals surface area contributed by atoms with Gasteiger partial charge < -0.3 is 10.6 Å². The van der Waals surface area contributed by atoms with Crippen LogP contribution >= 0.6 is 11.3 Å². The standard InChI is InChI=1S/C22H20N4O3S/c1-2-13-7-8-16-17(11-13)30-20(23-16)24-18(27)12-26-19(28)22(25-21(26)29)10-9-14-5-3-4-6-15(14)22/h3-8,11H,2,9-10,12H2,1H3,(H,25,29)(H,23,24,27). The maximum Gasteiger partial charge on any atom is 0.325 e. The van der Waals surface area contributed by atoms with Crippen LogP contribution in [0.4, 0.5) is 9.93 Å². The van der Waals surface area contributed by atoms with Gasteiger partial charge in [0, 0.05) is 0 Å². The molecule has 1 aliphatic carbocycles. The van der Waals surface area contributed by atoms with Crippen molar-refractivity contribution in [2.75, 3.05) is 11.9 Å². The average Bonchev–Trinajstić information content (AvgIpc) is 3.38. The molecule has 1 aromatic heterocycles. The fourth-order valence-corrected chi connectivity index (χ4v) is 5.22. The van der Waals surface area contributed by atoms with E-state index in [1.807, 2.05) is 36.4 Å². The predicted molar refractivity (Wildman–Crippen MR) is 114 cm³/mol. The summed E-state index contributed by atoms with van der Waals surface area (Å²) >= 11 is 1.38.